The van der Waals surface area contributed by atoms with Crippen LogP contribution in [0.15, 0.2) is 42.5 Å². The summed E-state index contributed by atoms with van der Waals surface area (Å²) in [5, 5.41) is 3.67. The van der Waals surface area contributed by atoms with Crippen molar-refractivity contribution < 1.29 is 9.59 Å². The Morgan fingerprint density at radius 3 is 2.23 bits per heavy atom. The lowest BCUT2D eigenvalue weighted by atomic mass is 10.1. The van der Waals surface area contributed by atoms with E-state index >= 15 is 0 Å². The van der Waals surface area contributed by atoms with Crippen LogP contribution in [0.3, 0.4) is 0 Å². The van der Waals surface area contributed by atoms with Crippen LogP contribution in [0.2, 0.25) is 0 Å². The number of aryl methyl sites for hydroxylation is 1. The van der Waals surface area contributed by atoms with Crippen LogP contribution in [0.25, 0.3) is 20.8 Å². The van der Waals surface area contributed by atoms with E-state index in [1.165, 1.54) is 5.56 Å². The Bertz CT molecular complexity index is 1030. The summed E-state index contributed by atoms with van der Waals surface area (Å²) in [6.07, 6.45) is 0. The number of carbonyl (C=O) groups is 2. The number of fused-ring (bicyclic) bond motifs is 1. The Hall–Kier alpha value is -2.73. The molecule has 0 saturated heterocycles. The molecule has 0 aliphatic rings. The third-order valence-corrected chi connectivity index (χ3v) is 5.65. The number of nitrogens with one attached hydrogen (secondary N) is 1. The third kappa shape index (κ3) is 5.45. The number of rotatable bonds is 6. The zero-order chi connectivity index (χ0) is 21.8. The lowest BCUT2D eigenvalue weighted by Crippen LogP contribution is -2.43. The Morgan fingerprint density at radius 2 is 1.63 bits per heavy atom. The van der Waals surface area contributed by atoms with Gasteiger partial charge in [0, 0.05) is 24.3 Å². The molecule has 5 nitrogen and oxygen atoms in total. The zero-order valence-electron chi connectivity index (χ0n) is 18.2. The Labute approximate surface area is 182 Å². The molecule has 6 heteroatoms. The van der Waals surface area contributed by atoms with Crippen molar-refractivity contribution in [2.45, 2.75) is 34.6 Å². The molecule has 3 rings (SSSR count). The first-order valence-electron chi connectivity index (χ1n) is 10.3. The van der Waals surface area contributed by atoms with Gasteiger partial charge in [-0.25, -0.2) is 4.98 Å². The lowest BCUT2D eigenvalue weighted by molar-refractivity contribution is -0.143. The molecule has 0 fully saturated rings. The van der Waals surface area contributed by atoms with E-state index < -0.39 is 11.8 Å². The Balaban J connectivity index is 1.70. The molecular formula is C24H29N3O2S. The summed E-state index contributed by atoms with van der Waals surface area (Å²) in [6.45, 7) is 11.4. The van der Waals surface area contributed by atoms with E-state index in [1.54, 1.807) is 16.2 Å². The fourth-order valence-electron chi connectivity index (χ4n) is 3.30. The highest BCUT2D eigenvalue weighted by Crippen LogP contribution is 2.31. The minimum Gasteiger partial charge on any atom is -0.334 e. The first-order chi connectivity index (χ1) is 14.2. The highest BCUT2D eigenvalue weighted by Gasteiger charge is 2.23. The monoisotopic (exact) mass is 423 g/mol. The van der Waals surface area contributed by atoms with E-state index in [2.05, 4.69) is 24.4 Å². The zero-order valence-corrected chi connectivity index (χ0v) is 19.0. The van der Waals surface area contributed by atoms with Gasteiger partial charge in [0.25, 0.3) is 0 Å². The van der Waals surface area contributed by atoms with Gasteiger partial charge in [-0.15, -0.1) is 11.3 Å². The normalized spacial score (nSPS) is 11.3. The first-order valence-corrected chi connectivity index (χ1v) is 11.1. The number of hydrogen-bond donors (Lipinski definition) is 1. The fraction of sp³-hybridized carbons (Fsp3) is 0.375. The number of carbonyl (C=O) groups excluding carboxylic acids is 2. The second-order valence-corrected chi connectivity index (χ2v) is 9.55. The summed E-state index contributed by atoms with van der Waals surface area (Å²) < 4.78 is 1.16. The highest BCUT2D eigenvalue weighted by atomic mass is 32.1. The van der Waals surface area contributed by atoms with Crippen LogP contribution < -0.4 is 5.32 Å². The molecular weight excluding hydrogens is 394 g/mol. The number of amides is 2. The fourth-order valence-corrected chi connectivity index (χ4v) is 4.37. The summed E-state index contributed by atoms with van der Waals surface area (Å²) in [6, 6.07) is 13.7. The quantitative estimate of drug-likeness (QED) is 0.544. The van der Waals surface area contributed by atoms with Gasteiger partial charge >= 0.3 is 11.8 Å². The largest absolute Gasteiger partial charge is 0.334 e. The predicted octanol–water partition coefficient (Wildman–Crippen LogP) is 5.35. The van der Waals surface area contributed by atoms with Crippen LogP contribution in [-0.4, -0.2) is 34.8 Å². The van der Waals surface area contributed by atoms with Crippen molar-refractivity contribution in [1.82, 2.24) is 9.88 Å². The molecule has 0 radical (unpaired) electrons. The molecule has 3 aromatic rings. The van der Waals surface area contributed by atoms with Crippen molar-refractivity contribution in [3.05, 3.63) is 48.0 Å². The highest BCUT2D eigenvalue weighted by molar-refractivity contribution is 7.21. The second kappa shape index (κ2) is 9.39. The molecule has 1 aromatic heterocycles. The van der Waals surface area contributed by atoms with Gasteiger partial charge in [-0.1, -0.05) is 33.8 Å². The van der Waals surface area contributed by atoms with Crippen LogP contribution >= 0.6 is 11.3 Å². The molecule has 2 aromatic carbocycles. The van der Waals surface area contributed by atoms with E-state index in [9.17, 15) is 9.59 Å². The molecule has 0 bridgehead atoms. The van der Waals surface area contributed by atoms with Crippen LogP contribution in [0.5, 0.6) is 0 Å². The minimum atomic E-state index is -0.598. The van der Waals surface area contributed by atoms with Crippen LogP contribution in [0.4, 0.5) is 5.69 Å². The van der Waals surface area contributed by atoms with Crippen LogP contribution in [-0.2, 0) is 9.59 Å². The molecule has 158 valence electrons. The minimum absolute atomic E-state index is 0.303. The maximum absolute atomic E-state index is 12.6. The van der Waals surface area contributed by atoms with Crippen LogP contribution in [0.1, 0.15) is 33.3 Å². The Morgan fingerprint density at radius 1 is 1.00 bits per heavy atom. The average molecular weight is 424 g/mol. The maximum atomic E-state index is 12.6. The summed E-state index contributed by atoms with van der Waals surface area (Å²) in [4.78, 5) is 31.5. The number of hydrogen-bond acceptors (Lipinski definition) is 4. The van der Waals surface area contributed by atoms with E-state index in [-0.39, 0.29) is 0 Å². The van der Waals surface area contributed by atoms with E-state index in [1.807, 2.05) is 58.0 Å². The van der Waals surface area contributed by atoms with Gasteiger partial charge in [0.2, 0.25) is 0 Å². The van der Waals surface area contributed by atoms with E-state index in [4.69, 9.17) is 4.98 Å². The second-order valence-electron chi connectivity index (χ2n) is 8.52. The molecule has 30 heavy (non-hydrogen) atoms. The molecule has 2 amide bonds. The smallest absolute Gasteiger partial charge is 0.313 e. The average Bonchev–Trinajstić information content (AvgIpc) is 3.09. The topological polar surface area (TPSA) is 62.3 Å². The van der Waals surface area contributed by atoms with E-state index in [0.29, 0.717) is 30.6 Å². The van der Waals surface area contributed by atoms with Gasteiger partial charge in [0.1, 0.15) is 5.01 Å². The van der Waals surface area contributed by atoms with Crippen molar-refractivity contribution in [1.29, 1.82) is 0 Å². The molecule has 0 spiro atoms. The molecule has 0 aliphatic carbocycles. The standard InChI is InChI=1S/C24H29N3O2S/c1-15(2)13-27(14-16(3)4)24(29)22(28)25-19-9-7-18(8-10-19)23-26-20-11-6-17(5)12-21(20)30-23/h6-12,15-16H,13-14H2,1-5H3,(H,25,28). The van der Waals surface area contributed by atoms with E-state index in [0.717, 1.165) is 20.8 Å². The van der Waals surface area contributed by atoms with Gasteiger partial charge in [-0.3, -0.25) is 9.59 Å². The van der Waals surface area contributed by atoms with Crippen molar-refractivity contribution >= 4 is 39.1 Å². The van der Waals surface area contributed by atoms with Crippen molar-refractivity contribution in [2.24, 2.45) is 11.8 Å². The van der Waals surface area contributed by atoms with Crippen LogP contribution in [0, 0.1) is 18.8 Å². The molecule has 1 heterocycles. The van der Waals surface area contributed by atoms with Gasteiger partial charge in [-0.2, -0.15) is 0 Å². The molecule has 0 atom stereocenters. The SMILES string of the molecule is Cc1ccc2nc(-c3ccc(NC(=O)C(=O)N(CC(C)C)CC(C)C)cc3)sc2c1. The summed E-state index contributed by atoms with van der Waals surface area (Å²) in [5.74, 6) is -0.475. The summed E-state index contributed by atoms with van der Waals surface area (Å²) >= 11 is 1.65. The lowest BCUT2D eigenvalue weighted by Gasteiger charge is -2.25. The number of thiazole rings is 1. The number of benzene rings is 2. The van der Waals surface area contributed by atoms with Gasteiger partial charge in [-0.05, 0) is 60.7 Å². The molecule has 1 N–H and O–H groups in total. The first kappa shape index (κ1) is 22.0. The maximum Gasteiger partial charge on any atom is 0.313 e. The number of anilines is 1. The molecule has 0 unspecified atom stereocenters. The molecule has 0 aliphatic heterocycles. The number of aromatic nitrogens is 1. The van der Waals surface area contributed by atoms with Crippen molar-refractivity contribution in [3.63, 3.8) is 0 Å². The third-order valence-electron chi connectivity index (χ3n) is 4.59. The van der Waals surface area contributed by atoms with Gasteiger partial charge < -0.3 is 10.2 Å². The van der Waals surface area contributed by atoms with Gasteiger partial charge in [0.15, 0.2) is 0 Å². The molecule has 0 saturated carbocycles. The van der Waals surface area contributed by atoms with Gasteiger partial charge in [0.05, 0.1) is 10.2 Å². The number of nitrogens with zero attached hydrogens (tertiary/aromatic N) is 2. The summed E-state index contributed by atoms with van der Waals surface area (Å²) in [5.41, 5.74) is 3.78. The summed E-state index contributed by atoms with van der Waals surface area (Å²) in [7, 11) is 0. The van der Waals surface area contributed by atoms with Crippen molar-refractivity contribution in [2.75, 3.05) is 18.4 Å². The van der Waals surface area contributed by atoms with Crippen molar-refractivity contribution in [3.8, 4) is 10.6 Å². The predicted molar refractivity (Wildman–Crippen MR) is 125 cm³/mol. The Kier molecular flexibility index (Phi) is 6.87.